The monoisotopic (exact) mass is 425 g/mol. The van der Waals surface area contributed by atoms with Gasteiger partial charge in [0.2, 0.25) is 0 Å². The van der Waals surface area contributed by atoms with Crippen LogP contribution >= 0.6 is 0 Å². The van der Waals surface area contributed by atoms with E-state index in [0.29, 0.717) is 0 Å². The maximum absolute atomic E-state index is 2.48. The molecule has 0 aliphatic heterocycles. The molecule has 1 heterocycles. The first-order valence-corrected chi connectivity index (χ1v) is 13.5. The Morgan fingerprint density at radius 1 is 0.645 bits per heavy atom. The van der Waals surface area contributed by atoms with E-state index >= 15 is 0 Å². The fourth-order valence-corrected chi connectivity index (χ4v) is 4.69. The predicted octanol–water partition coefficient (Wildman–Crippen LogP) is 8.26. The molecule has 0 amide bonds. The lowest BCUT2D eigenvalue weighted by Crippen LogP contribution is -2.37. The van der Waals surface area contributed by atoms with Gasteiger partial charge in [-0.2, -0.15) is 0 Å². The van der Waals surface area contributed by atoms with Crippen molar-refractivity contribution >= 4 is 0 Å². The standard InChI is InChI=1S/C29H49N2/c1-3-5-6-7-8-9-10-11-12-13-14-15-16-17-21-24-30-25-26-31(29(30)4-2)27-28-22-19-18-20-23-28/h18-20,22-23,25-26H,3-17,21,24,27H2,1-2H3/q+1. The van der Waals surface area contributed by atoms with E-state index in [9.17, 15) is 0 Å². The molecule has 2 aromatic rings. The molecular formula is C29H49N2+. The van der Waals surface area contributed by atoms with Gasteiger partial charge in [0.05, 0.1) is 6.54 Å². The minimum Gasteiger partial charge on any atom is -0.234 e. The highest BCUT2D eigenvalue weighted by molar-refractivity contribution is 5.15. The number of rotatable bonds is 19. The fourth-order valence-electron chi connectivity index (χ4n) is 4.69. The van der Waals surface area contributed by atoms with E-state index in [-0.39, 0.29) is 0 Å². The van der Waals surface area contributed by atoms with Crippen LogP contribution in [0.1, 0.15) is 122 Å². The molecule has 31 heavy (non-hydrogen) atoms. The maximum Gasteiger partial charge on any atom is 0.256 e. The molecule has 0 N–H and O–H groups in total. The average Bonchev–Trinajstić information content (AvgIpc) is 3.18. The lowest BCUT2D eigenvalue weighted by Gasteiger charge is -2.05. The summed E-state index contributed by atoms with van der Waals surface area (Å²) in [5.74, 6) is 1.45. The van der Waals surface area contributed by atoms with Gasteiger partial charge in [-0.05, 0) is 18.4 Å². The Balaban J connectivity index is 1.47. The van der Waals surface area contributed by atoms with E-state index in [4.69, 9.17) is 0 Å². The van der Waals surface area contributed by atoms with Crippen molar-refractivity contribution in [1.29, 1.82) is 0 Å². The van der Waals surface area contributed by atoms with Crippen molar-refractivity contribution in [2.24, 2.45) is 0 Å². The third-order valence-electron chi connectivity index (χ3n) is 6.60. The van der Waals surface area contributed by atoms with Crippen molar-refractivity contribution in [3.63, 3.8) is 0 Å². The third kappa shape index (κ3) is 11.0. The summed E-state index contributed by atoms with van der Waals surface area (Å²) in [6.45, 7) is 6.73. The molecule has 1 aromatic carbocycles. The highest BCUT2D eigenvalue weighted by Gasteiger charge is 2.15. The van der Waals surface area contributed by atoms with Gasteiger partial charge in [0, 0.05) is 6.42 Å². The van der Waals surface area contributed by atoms with Gasteiger partial charge in [0.25, 0.3) is 5.82 Å². The lowest BCUT2D eigenvalue weighted by molar-refractivity contribution is -0.704. The topological polar surface area (TPSA) is 8.81 Å². The number of benzene rings is 1. The number of hydrogen-bond acceptors (Lipinski definition) is 0. The minimum absolute atomic E-state index is 0.982. The molecule has 0 spiro atoms. The highest BCUT2D eigenvalue weighted by Crippen LogP contribution is 2.13. The summed E-state index contributed by atoms with van der Waals surface area (Å²) in [5, 5.41) is 0. The first-order chi connectivity index (χ1) is 15.3. The first kappa shape index (κ1) is 25.7. The van der Waals surface area contributed by atoms with Gasteiger partial charge in [-0.3, -0.25) is 0 Å². The molecule has 0 fully saturated rings. The van der Waals surface area contributed by atoms with E-state index in [1.807, 2.05) is 0 Å². The molecule has 2 rings (SSSR count). The number of hydrogen-bond donors (Lipinski definition) is 0. The molecule has 1 aromatic heterocycles. The van der Waals surface area contributed by atoms with Crippen LogP contribution in [-0.4, -0.2) is 4.57 Å². The second-order valence-electron chi connectivity index (χ2n) is 9.32. The maximum atomic E-state index is 2.48. The number of imidazole rings is 1. The molecule has 0 unspecified atom stereocenters. The molecule has 0 bridgehead atoms. The SMILES string of the molecule is CCCCCCCCCCCCCCCCC[n+]1ccn(Cc2ccccc2)c1CC. The van der Waals surface area contributed by atoms with Crippen LogP contribution in [-0.2, 0) is 19.5 Å². The summed E-state index contributed by atoms with van der Waals surface area (Å²) < 4.78 is 4.89. The number of aryl methyl sites for hydroxylation is 1. The summed E-state index contributed by atoms with van der Waals surface area (Å²) in [5.41, 5.74) is 1.38. The van der Waals surface area contributed by atoms with Crippen LogP contribution in [0.25, 0.3) is 0 Å². The van der Waals surface area contributed by atoms with E-state index in [1.54, 1.807) is 0 Å². The Hall–Kier alpha value is -1.57. The normalized spacial score (nSPS) is 11.3. The second-order valence-corrected chi connectivity index (χ2v) is 9.32. The zero-order chi connectivity index (χ0) is 22.0. The van der Waals surface area contributed by atoms with Crippen molar-refractivity contribution in [1.82, 2.24) is 4.57 Å². The Morgan fingerprint density at radius 2 is 1.16 bits per heavy atom. The molecule has 0 saturated carbocycles. The zero-order valence-corrected chi connectivity index (χ0v) is 20.7. The molecule has 0 saturated heterocycles. The number of aromatic nitrogens is 2. The van der Waals surface area contributed by atoms with E-state index in [0.717, 1.165) is 13.0 Å². The van der Waals surface area contributed by atoms with Gasteiger partial charge < -0.3 is 0 Å². The molecule has 174 valence electrons. The van der Waals surface area contributed by atoms with Crippen LogP contribution in [0, 0.1) is 0 Å². The van der Waals surface area contributed by atoms with Crippen LogP contribution < -0.4 is 4.57 Å². The van der Waals surface area contributed by atoms with Gasteiger partial charge in [-0.1, -0.05) is 128 Å². The summed E-state index contributed by atoms with van der Waals surface area (Å²) in [7, 11) is 0. The van der Waals surface area contributed by atoms with Crippen molar-refractivity contribution < 1.29 is 4.57 Å². The largest absolute Gasteiger partial charge is 0.256 e. The Bertz CT molecular complexity index is 659. The van der Waals surface area contributed by atoms with Crippen LogP contribution in [0.4, 0.5) is 0 Å². The van der Waals surface area contributed by atoms with Crippen LogP contribution in [0.3, 0.4) is 0 Å². The zero-order valence-electron chi connectivity index (χ0n) is 20.7. The molecule has 0 atom stereocenters. The summed E-state index contributed by atoms with van der Waals surface area (Å²) in [6, 6.07) is 10.8. The Labute approximate surface area is 193 Å². The lowest BCUT2D eigenvalue weighted by atomic mass is 10.0. The summed E-state index contributed by atoms with van der Waals surface area (Å²) >= 11 is 0. The quantitative estimate of drug-likeness (QED) is 0.158. The molecule has 0 aliphatic carbocycles. The van der Waals surface area contributed by atoms with Crippen LogP contribution in [0.5, 0.6) is 0 Å². The van der Waals surface area contributed by atoms with Crippen molar-refractivity contribution in [3.05, 3.63) is 54.1 Å². The van der Waals surface area contributed by atoms with Crippen LogP contribution in [0.15, 0.2) is 42.7 Å². The fraction of sp³-hybridized carbons (Fsp3) is 0.690. The highest BCUT2D eigenvalue weighted by atomic mass is 15.1. The van der Waals surface area contributed by atoms with Gasteiger partial charge in [0.15, 0.2) is 0 Å². The molecule has 0 radical (unpaired) electrons. The number of unbranched alkanes of at least 4 members (excludes halogenated alkanes) is 14. The van der Waals surface area contributed by atoms with Gasteiger partial charge in [0.1, 0.15) is 18.9 Å². The van der Waals surface area contributed by atoms with Gasteiger partial charge >= 0.3 is 0 Å². The second kappa shape index (κ2) is 17.0. The number of nitrogens with zero attached hydrogens (tertiary/aromatic N) is 2. The minimum atomic E-state index is 0.982. The van der Waals surface area contributed by atoms with Crippen molar-refractivity contribution in [2.45, 2.75) is 130 Å². The first-order valence-electron chi connectivity index (χ1n) is 13.5. The van der Waals surface area contributed by atoms with Gasteiger partial charge in [-0.15, -0.1) is 0 Å². The molecular weight excluding hydrogens is 376 g/mol. The average molecular weight is 426 g/mol. The Kier molecular flexibility index (Phi) is 14.1. The summed E-state index contributed by atoms with van der Waals surface area (Å²) in [4.78, 5) is 0. The molecule has 2 heteroatoms. The summed E-state index contributed by atoms with van der Waals surface area (Å²) in [6.07, 6.45) is 27.1. The third-order valence-corrected chi connectivity index (χ3v) is 6.60. The molecule has 2 nitrogen and oxygen atoms in total. The van der Waals surface area contributed by atoms with Crippen LogP contribution in [0.2, 0.25) is 0 Å². The van der Waals surface area contributed by atoms with E-state index in [1.165, 1.54) is 114 Å². The van der Waals surface area contributed by atoms with Crippen molar-refractivity contribution in [3.8, 4) is 0 Å². The predicted molar refractivity (Wildman–Crippen MR) is 134 cm³/mol. The van der Waals surface area contributed by atoms with E-state index < -0.39 is 0 Å². The van der Waals surface area contributed by atoms with Gasteiger partial charge in [-0.25, -0.2) is 9.13 Å². The van der Waals surface area contributed by atoms with Crippen molar-refractivity contribution in [2.75, 3.05) is 0 Å². The molecule has 0 aliphatic rings. The Morgan fingerprint density at radius 3 is 1.68 bits per heavy atom. The smallest absolute Gasteiger partial charge is 0.234 e. The van der Waals surface area contributed by atoms with E-state index in [2.05, 4.69) is 65.7 Å².